The van der Waals surface area contributed by atoms with Gasteiger partial charge in [0.25, 0.3) is 0 Å². The zero-order chi connectivity index (χ0) is 15.9. The summed E-state index contributed by atoms with van der Waals surface area (Å²) in [6.07, 6.45) is 4.75. The van der Waals surface area contributed by atoms with Crippen LogP contribution < -0.4 is 0 Å². The molecule has 0 aliphatic heterocycles. The van der Waals surface area contributed by atoms with E-state index in [1.165, 1.54) is 5.54 Å². The smallest absolute Gasteiger partial charge is 0.0445 e. The lowest BCUT2D eigenvalue weighted by Crippen LogP contribution is -2.29. The quantitative estimate of drug-likeness (QED) is 0.534. The van der Waals surface area contributed by atoms with E-state index in [-0.39, 0.29) is 0 Å². The van der Waals surface area contributed by atoms with E-state index < -0.39 is 16.9 Å². The Balaban J connectivity index is 1.97. The van der Waals surface area contributed by atoms with Crippen LogP contribution in [0.5, 0.6) is 0 Å². The molecule has 0 amide bonds. The summed E-state index contributed by atoms with van der Waals surface area (Å²) in [5.41, 5.74) is 2.28. The maximum atomic E-state index is 2.74. The predicted octanol–water partition coefficient (Wildman–Crippen LogP) is 6.28. The molecule has 2 saturated carbocycles. The molecule has 0 N–H and O–H groups in total. The minimum atomic E-state index is -0.852. The van der Waals surface area contributed by atoms with E-state index in [0.717, 1.165) is 35.1 Å². The lowest BCUT2D eigenvalue weighted by Gasteiger charge is -2.32. The third-order valence-corrected chi connectivity index (χ3v) is 13.9. The van der Waals surface area contributed by atoms with Gasteiger partial charge in [0.05, 0.1) is 0 Å². The molecule has 0 aromatic rings. The molecule has 2 rings (SSSR count). The summed E-state index contributed by atoms with van der Waals surface area (Å²) in [6.45, 7) is 20.6. The highest BCUT2D eigenvalue weighted by molar-refractivity contribution is 6.76. The Hall–Kier alpha value is 0.434. The van der Waals surface area contributed by atoms with Gasteiger partial charge in [-0.15, -0.1) is 0 Å². The van der Waals surface area contributed by atoms with E-state index in [0.29, 0.717) is 0 Å². The minimum absolute atomic E-state index is 0.591. The highest BCUT2D eigenvalue weighted by atomic mass is 28.3. The normalized spacial score (nSPS) is 46.0. The van der Waals surface area contributed by atoms with Crippen LogP contribution in [0, 0.1) is 29.6 Å². The molecule has 124 valence electrons. The number of hydrogen-bond donors (Lipinski definition) is 0. The molecule has 2 aliphatic carbocycles. The van der Waals surface area contributed by atoms with Gasteiger partial charge in [-0.1, -0.05) is 79.2 Å². The third kappa shape index (κ3) is 3.86. The zero-order valence-corrected chi connectivity index (χ0v) is 18.1. The van der Waals surface area contributed by atoms with E-state index in [2.05, 4.69) is 53.9 Å². The Labute approximate surface area is 137 Å². The molecule has 0 nitrogen and oxygen atoms in total. The molecule has 0 radical (unpaired) electrons. The van der Waals surface area contributed by atoms with Gasteiger partial charge in [0.2, 0.25) is 0 Å². The topological polar surface area (TPSA) is 0 Å². The molecule has 2 aliphatic rings. The van der Waals surface area contributed by atoms with Crippen LogP contribution in [0.3, 0.4) is 0 Å². The first-order valence-corrected chi connectivity index (χ1v) is 15.8. The van der Waals surface area contributed by atoms with Crippen LogP contribution in [0.1, 0.15) is 47.0 Å². The monoisotopic (exact) mass is 324 g/mol. The first kappa shape index (κ1) is 17.8. The van der Waals surface area contributed by atoms with Crippen molar-refractivity contribution in [3.8, 4) is 0 Å². The minimum Gasteiger partial charge on any atom is -0.0716 e. The molecule has 0 spiro atoms. The first-order chi connectivity index (χ1) is 9.61. The van der Waals surface area contributed by atoms with Crippen molar-refractivity contribution in [2.45, 2.75) is 90.3 Å². The summed E-state index contributed by atoms with van der Waals surface area (Å²) in [7, 11) is -1.44. The maximum absolute atomic E-state index is 2.74. The van der Waals surface area contributed by atoms with Crippen molar-refractivity contribution >= 4 is 16.9 Å². The Morgan fingerprint density at radius 3 is 1.86 bits per heavy atom. The van der Waals surface area contributed by atoms with Gasteiger partial charge < -0.3 is 0 Å². The average Bonchev–Trinajstić information content (AvgIpc) is 2.88. The van der Waals surface area contributed by atoms with E-state index in [9.17, 15) is 0 Å². The van der Waals surface area contributed by atoms with E-state index in [1.54, 1.807) is 25.3 Å². The fourth-order valence-electron chi connectivity index (χ4n) is 6.05. The Morgan fingerprint density at radius 1 is 0.857 bits per heavy atom. The van der Waals surface area contributed by atoms with Gasteiger partial charge in [-0.05, 0) is 40.7 Å². The predicted molar refractivity (Wildman–Crippen MR) is 103 cm³/mol. The standard InChI is InChI=1S/C19H40Si2/c1-13-14(2)16(4)19(15(13)3)20(5)18-10-9-17(11-18)12-21(6,7)8/h13-20H,9-12H2,1-8H3. The van der Waals surface area contributed by atoms with Gasteiger partial charge in [-0.2, -0.15) is 0 Å². The summed E-state index contributed by atoms with van der Waals surface area (Å²) >= 11 is 0. The summed E-state index contributed by atoms with van der Waals surface area (Å²) in [5.74, 6) is 5.00. The molecule has 0 aromatic heterocycles. The maximum Gasteiger partial charge on any atom is 0.0445 e. The van der Waals surface area contributed by atoms with E-state index >= 15 is 0 Å². The second-order valence-electron chi connectivity index (χ2n) is 10.1. The summed E-state index contributed by atoms with van der Waals surface area (Å²) < 4.78 is 0. The molecule has 0 saturated heterocycles. The molecule has 2 fully saturated rings. The molecule has 21 heavy (non-hydrogen) atoms. The number of rotatable bonds is 4. The van der Waals surface area contributed by atoms with Crippen LogP contribution in [0.2, 0.25) is 43.3 Å². The van der Waals surface area contributed by atoms with Crippen molar-refractivity contribution in [2.24, 2.45) is 29.6 Å². The third-order valence-electron chi connectivity index (χ3n) is 7.54. The second-order valence-corrected chi connectivity index (χ2v) is 19.0. The molecule has 7 atom stereocenters. The fraction of sp³-hybridized carbons (Fsp3) is 1.00. The van der Waals surface area contributed by atoms with Crippen LogP contribution in [0.15, 0.2) is 0 Å². The van der Waals surface area contributed by atoms with Crippen LogP contribution in [-0.2, 0) is 0 Å². The van der Waals surface area contributed by atoms with E-state index in [1.807, 2.05) is 0 Å². The fourth-order valence-corrected chi connectivity index (χ4v) is 12.9. The van der Waals surface area contributed by atoms with Crippen LogP contribution >= 0.6 is 0 Å². The van der Waals surface area contributed by atoms with Crippen molar-refractivity contribution in [2.75, 3.05) is 0 Å². The summed E-state index contributed by atoms with van der Waals surface area (Å²) in [5, 5.41) is 0. The largest absolute Gasteiger partial charge is 0.0716 e. The summed E-state index contributed by atoms with van der Waals surface area (Å²) in [4.78, 5) is 0. The van der Waals surface area contributed by atoms with Crippen molar-refractivity contribution < 1.29 is 0 Å². The van der Waals surface area contributed by atoms with Gasteiger partial charge in [-0.25, -0.2) is 0 Å². The van der Waals surface area contributed by atoms with Crippen molar-refractivity contribution in [3.63, 3.8) is 0 Å². The Bertz CT molecular complexity index is 332. The molecular weight excluding hydrogens is 284 g/mol. The average molecular weight is 325 g/mol. The second kappa shape index (κ2) is 6.51. The first-order valence-electron chi connectivity index (χ1n) is 9.61. The van der Waals surface area contributed by atoms with Crippen LogP contribution in [0.4, 0.5) is 0 Å². The molecule has 2 heteroatoms. The molecule has 7 unspecified atom stereocenters. The Morgan fingerprint density at radius 2 is 1.38 bits per heavy atom. The molecule has 0 heterocycles. The lowest BCUT2D eigenvalue weighted by atomic mass is 9.92. The summed E-state index contributed by atoms with van der Waals surface area (Å²) in [6, 6.07) is 1.59. The number of hydrogen-bond acceptors (Lipinski definition) is 0. The van der Waals surface area contributed by atoms with Crippen molar-refractivity contribution in [1.82, 2.24) is 0 Å². The van der Waals surface area contributed by atoms with Gasteiger partial charge in [0.15, 0.2) is 0 Å². The zero-order valence-electron chi connectivity index (χ0n) is 15.9. The van der Waals surface area contributed by atoms with Gasteiger partial charge in [-0.3, -0.25) is 0 Å². The van der Waals surface area contributed by atoms with Crippen molar-refractivity contribution in [1.29, 1.82) is 0 Å². The highest BCUT2D eigenvalue weighted by Crippen LogP contribution is 2.54. The molecule has 0 aromatic carbocycles. The lowest BCUT2D eigenvalue weighted by molar-refractivity contribution is 0.352. The van der Waals surface area contributed by atoms with Gasteiger partial charge in [0.1, 0.15) is 0 Å². The SMILES string of the molecule is CC1C(C)C(C)C([SiH](C)C2CCC(C[Si](C)(C)C)C2)C1C. The van der Waals surface area contributed by atoms with Crippen LogP contribution in [0.25, 0.3) is 0 Å². The van der Waals surface area contributed by atoms with Crippen LogP contribution in [-0.4, -0.2) is 16.9 Å². The Kier molecular flexibility index (Phi) is 5.51. The highest BCUT2D eigenvalue weighted by Gasteiger charge is 2.46. The molecular formula is C19H40Si2. The van der Waals surface area contributed by atoms with E-state index in [4.69, 9.17) is 0 Å². The molecule has 0 bridgehead atoms. The van der Waals surface area contributed by atoms with Crippen molar-refractivity contribution in [3.05, 3.63) is 0 Å². The van der Waals surface area contributed by atoms with Gasteiger partial charge in [0, 0.05) is 16.9 Å². The van der Waals surface area contributed by atoms with Gasteiger partial charge >= 0.3 is 0 Å².